The summed E-state index contributed by atoms with van der Waals surface area (Å²) < 4.78 is 14.0. The molecule has 10 heteroatoms. The zero-order valence-electron chi connectivity index (χ0n) is 20.5. The van der Waals surface area contributed by atoms with Gasteiger partial charge in [0.05, 0.1) is 40.5 Å². The Hall–Kier alpha value is -5.12. The molecule has 0 atom stereocenters. The van der Waals surface area contributed by atoms with E-state index in [2.05, 4.69) is 30.5 Å². The number of hydrogen-bond acceptors (Lipinski definition) is 6. The number of benzene rings is 1. The Bertz CT molecular complexity index is 1820. The topological polar surface area (TPSA) is 132 Å². The quantitative estimate of drug-likeness (QED) is 0.238. The number of amides is 1. The molecule has 0 aliphatic heterocycles. The van der Waals surface area contributed by atoms with Crippen LogP contribution in [0.2, 0.25) is 0 Å². The van der Waals surface area contributed by atoms with E-state index in [0.29, 0.717) is 39.4 Å². The summed E-state index contributed by atoms with van der Waals surface area (Å²) in [4.78, 5) is 28.8. The van der Waals surface area contributed by atoms with Crippen LogP contribution in [0.3, 0.4) is 0 Å². The Balaban J connectivity index is 1.42. The second kappa shape index (κ2) is 9.07. The number of hydrogen-bond donors (Lipinski definition) is 4. The summed E-state index contributed by atoms with van der Waals surface area (Å²) in [5.41, 5.74) is 6.59. The van der Waals surface area contributed by atoms with Crippen molar-refractivity contribution < 1.29 is 14.3 Å². The Morgan fingerprint density at radius 3 is 2.63 bits per heavy atom. The average molecular weight is 508 g/mol. The summed E-state index contributed by atoms with van der Waals surface area (Å²) in [5, 5.41) is 21.1. The standard InChI is InChI=1S/C28H22FN7O2/c1-14(2)28(38)32-18-6-16(10-30-11-18)22-3-4-23-26(34-22)27(36-35-23)24-9-20-21(12-31-13-25(20)33-24)15-5-17(29)8-19(37)7-15/h3-14,33,37H,1-2H3,(H,32,38)(H,35,36). The molecule has 38 heavy (non-hydrogen) atoms. The number of carbonyl (C=O) groups is 1. The second-order valence-electron chi connectivity index (χ2n) is 9.30. The number of nitrogens with one attached hydrogen (secondary N) is 3. The SMILES string of the molecule is CC(C)C(=O)Nc1cncc(-c2ccc3[nH]nc(-c4cc5c(-c6cc(O)cc(F)c6)cncc5[nH]4)c3n2)c1. The molecule has 0 saturated carbocycles. The Kier molecular flexibility index (Phi) is 5.56. The first-order valence-corrected chi connectivity index (χ1v) is 11.9. The van der Waals surface area contributed by atoms with Crippen LogP contribution in [0.1, 0.15) is 13.8 Å². The van der Waals surface area contributed by atoms with Crippen LogP contribution in [-0.2, 0) is 4.79 Å². The smallest absolute Gasteiger partial charge is 0.226 e. The fourth-order valence-corrected chi connectivity index (χ4v) is 4.32. The third-order valence-corrected chi connectivity index (χ3v) is 6.23. The maximum atomic E-state index is 14.0. The van der Waals surface area contributed by atoms with E-state index in [1.807, 2.05) is 38.1 Å². The van der Waals surface area contributed by atoms with E-state index in [1.165, 1.54) is 12.1 Å². The highest BCUT2D eigenvalue weighted by molar-refractivity contribution is 6.00. The van der Waals surface area contributed by atoms with Gasteiger partial charge in [-0.1, -0.05) is 13.8 Å². The highest BCUT2D eigenvalue weighted by Crippen LogP contribution is 2.35. The lowest BCUT2D eigenvalue weighted by Gasteiger charge is -2.08. The van der Waals surface area contributed by atoms with Gasteiger partial charge in [0.25, 0.3) is 0 Å². The first kappa shape index (κ1) is 23.3. The third kappa shape index (κ3) is 4.21. The molecule has 0 bridgehead atoms. The van der Waals surface area contributed by atoms with Crippen LogP contribution < -0.4 is 5.32 Å². The van der Waals surface area contributed by atoms with E-state index >= 15 is 0 Å². The third-order valence-electron chi connectivity index (χ3n) is 6.23. The predicted molar refractivity (Wildman–Crippen MR) is 143 cm³/mol. The number of fused-ring (bicyclic) bond motifs is 2. The number of H-pyrrole nitrogens is 2. The van der Waals surface area contributed by atoms with E-state index in [1.54, 1.807) is 24.8 Å². The molecule has 1 amide bonds. The fourth-order valence-electron chi connectivity index (χ4n) is 4.32. The molecule has 4 N–H and O–H groups in total. The van der Waals surface area contributed by atoms with Gasteiger partial charge in [-0.2, -0.15) is 5.10 Å². The van der Waals surface area contributed by atoms with Gasteiger partial charge in [0, 0.05) is 40.9 Å². The van der Waals surface area contributed by atoms with Gasteiger partial charge in [0.15, 0.2) is 0 Å². The number of pyridine rings is 3. The van der Waals surface area contributed by atoms with E-state index in [4.69, 9.17) is 4.98 Å². The second-order valence-corrected chi connectivity index (χ2v) is 9.30. The zero-order valence-corrected chi connectivity index (χ0v) is 20.5. The summed E-state index contributed by atoms with van der Waals surface area (Å²) in [6, 6.07) is 11.4. The highest BCUT2D eigenvalue weighted by atomic mass is 19.1. The fraction of sp³-hybridized carbons (Fsp3) is 0.107. The van der Waals surface area contributed by atoms with Crippen molar-refractivity contribution in [3.63, 3.8) is 0 Å². The molecular weight excluding hydrogens is 485 g/mol. The molecule has 1 aromatic carbocycles. The number of nitrogens with zero attached hydrogens (tertiary/aromatic N) is 4. The van der Waals surface area contributed by atoms with Crippen molar-refractivity contribution in [3.8, 4) is 39.5 Å². The molecule has 0 aliphatic rings. The maximum absolute atomic E-state index is 14.0. The molecule has 188 valence electrons. The number of carbonyl (C=O) groups excluding carboxylic acids is 1. The lowest BCUT2D eigenvalue weighted by Crippen LogP contribution is -2.17. The average Bonchev–Trinajstić information content (AvgIpc) is 3.51. The van der Waals surface area contributed by atoms with Crippen LogP contribution in [0.25, 0.3) is 55.7 Å². The maximum Gasteiger partial charge on any atom is 0.226 e. The van der Waals surface area contributed by atoms with Gasteiger partial charge in [-0.3, -0.25) is 19.9 Å². The van der Waals surface area contributed by atoms with Crippen molar-refractivity contribution in [2.24, 2.45) is 5.92 Å². The molecule has 9 nitrogen and oxygen atoms in total. The molecule has 5 heterocycles. The first-order chi connectivity index (χ1) is 18.4. The lowest BCUT2D eigenvalue weighted by molar-refractivity contribution is -0.118. The largest absolute Gasteiger partial charge is 0.508 e. The van der Waals surface area contributed by atoms with E-state index in [0.717, 1.165) is 28.0 Å². The van der Waals surface area contributed by atoms with Gasteiger partial charge in [0.1, 0.15) is 22.8 Å². The summed E-state index contributed by atoms with van der Waals surface area (Å²) in [6.07, 6.45) is 6.59. The summed E-state index contributed by atoms with van der Waals surface area (Å²) >= 11 is 0. The Morgan fingerprint density at radius 1 is 0.974 bits per heavy atom. The van der Waals surface area contributed by atoms with Gasteiger partial charge < -0.3 is 15.4 Å². The number of phenols is 1. The van der Waals surface area contributed by atoms with Gasteiger partial charge in [-0.15, -0.1) is 0 Å². The monoisotopic (exact) mass is 507 g/mol. The number of aromatic amines is 2. The molecule has 6 rings (SSSR count). The van der Waals surface area contributed by atoms with E-state index in [9.17, 15) is 14.3 Å². The number of rotatable bonds is 5. The summed E-state index contributed by atoms with van der Waals surface area (Å²) in [5.74, 6) is -0.943. The van der Waals surface area contributed by atoms with E-state index < -0.39 is 5.82 Å². The molecule has 0 spiro atoms. The van der Waals surface area contributed by atoms with Gasteiger partial charge in [-0.05, 0) is 42.0 Å². The Morgan fingerprint density at radius 2 is 1.82 bits per heavy atom. The van der Waals surface area contributed by atoms with Crippen molar-refractivity contribution in [3.05, 3.63) is 73.1 Å². The minimum atomic E-state index is -0.537. The predicted octanol–water partition coefficient (Wildman–Crippen LogP) is 5.67. The van der Waals surface area contributed by atoms with Crippen LogP contribution in [0.4, 0.5) is 10.1 Å². The van der Waals surface area contributed by atoms with Crippen molar-refractivity contribution in [1.29, 1.82) is 0 Å². The van der Waals surface area contributed by atoms with Crippen molar-refractivity contribution in [1.82, 2.24) is 30.1 Å². The van der Waals surface area contributed by atoms with Gasteiger partial charge in [0.2, 0.25) is 5.91 Å². The molecular formula is C28H22FN7O2. The van der Waals surface area contributed by atoms with Crippen LogP contribution in [-0.4, -0.2) is 41.1 Å². The molecule has 5 aromatic heterocycles. The van der Waals surface area contributed by atoms with Gasteiger partial charge >= 0.3 is 0 Å². The molecule has 0 aliphatic carbocycles. The van der Waals surface area contributed by atoms with Crippen molar-refractivity contribution in [2.75, 3.05) is 5.32 Å². The minimum absolute atomic E-state index is 0.0920. The molecule has 6 aromatic rings. The van der Waals surface area contributed by atoms with Gasteiger partial charge in [-0.25, -0.2) is 9.37 Å². The Labute approximate surface area is 215 Å². The molecule has 0 fully saturated rings. The normalized spacial score (nSPS) is 11.5. The van der Waals surface area contributed by atoms with Crippen LogP contribution in [0.15, 0.2) is 67.3 Å². The number of phenolic OH excluding ortho intramolecular Hbond substituents is 1. The van der Waals surface area contributed by atoms with Crippen LogP contribution in [0, 0.1) is 11.7 Å². The number of aromatic hydroxyl groups is 1. The number of halogens is 1. The summed E-state index contributed by atoms with van der Waals surface area (Å²) in [6.45, 7) is 3.65. The van der Waals surface area contributed by atoms with Crippen LogP contribution >= 0.6 is 0 Å². The van der Waals surface area contributed by atoms with Crippen molar-refractivity contribution >= 4 is 33.5 Å². The van der Waals surface area contributed by atoms with E-state index in [-0.39, 0.29) is 17.6 Å². The number of aromatic nitrogens is 6. The molecule has 0 unspecified atom stereocenters. The minimum Gasteiger partial charge on any atom is -0.508 e. The van der Waals surface area contributed by atoms with Crippen LogP contribution in [0.5, 0.6) is 5.75 Å². The summed E-state index contributed by atoms with van der Waals surface area (Å²) in [7, 11) is 0. The zero-order chi connectivity index (χ0) is 26.4. The first-order valence-electron chi connectivity index (χ1n) is 11.9. The molecule has 0 saturated heterocycles. The molecule has 0 radical (unpaired) electrons. The number of anilines is 1. The lowest BCUT2D eigenvalue weighted by atomic mass is 10.0. The van der Waals surface area contributed by atoms with Crippen molar-refractivity contribution in [2.45, 2.75) is 13.8 Å². The highest BCUT2D eigenvalue weighted by Gasteiger charge is 2.17.